The number of non-ortho nitro benzene ring substituents is 1. The van der Waals surface area contributed by atoms with E-state index in [0.29, 0.717) is 30.9 Å². The maximum Gasteiger partial charge on any atom is 0.270 e. The average Bonchev–Trinajstić information content (AvgIpc) is 2.63. The molecule has 27 heavy (non-hydrogen) atoms. The van der Waals surface area contributed by atoms with Crippen molar-refractivity contribution < 1.29 is 22.5 Å². The molecule has 0 aromatic heterocycles. The van der Waals surface area contributed by atoms with Crippen LogP contribution >= 0.6 is 11.6 Å². The first-order chi connectivity index (χ1) is 12.7. The van der Waals surface area contributed by atoms with Gasteiger partial charge in [0.2, 0.25) is 0 Å². The van der Waals surface area contributed by atoms with Gasteiger partial charge in [0, 0.05) is 31.5 Å². The van der Waals surface area contributed by atoms with E-state index in [9.17, 15) is 22.9 Å². The van der Waals surface area contributed by atoms with Crippen LogP contribution in [-0.2, 0) is 14.6 Å². The molecule has 1 saturated heterocycles. The summed E-state index contributed by atoms with van der Waals surface area (Å²) in [6, 6.07) is 8.02. The average molecular weight is 415 g/mol. The molecule has 1 unspecified atom stereocenters. The number of anilines is 1. The number of nitrogens with zero attached hydrogens (tertiary/aromatic N) is 2. The van der Waals surface area contributed by atoms with Gasteiger partial charge in [-0.05, 0) is 23.8 Å². The lowest BCUT2D eigenvalue weighted by molar-refractivity contribution is -0.385. The summed E-state index contributed by atoms with van der Waals surface area (Å²) in [5.74, 6) is -0.539. The molecule has 7 nitrogen and oxygen atoms in total. The molecule has 1 atom stereocenters. The molecule has 0 saturated carbocycles. The van der Waals surface area contributed by atoms with E-state index in [1.54, 1.807) is 11.0 Å². The van der Waals surface area contributed by atoms with Crippen LogP contribution in [0.15, 0.2) is 41.3 Å². The minimum absolute atomic E-state index is 0.0274. The highest BCUT2D eigenvalue weighted by Crippen LogP contribution is 2.33. The van der Waals surface area contributed by atoms with E-state index >= 15 is 0 Å². The lowest BCUT2D eigenvalue weighted by Gasteiger charge is -2.35. The van der Waals surface area contributed by atoms with Crippen molar-refractivity contribution in [1.29, 1.82) is 0 Å². The molecule has 0 bridgehead atoms. The van der Waals surface area contributed by atoms with E-state index in [0.717, 1.165) is 12.3 Å². The van der Waals surface area contributed by atoms with Crippen LogP contribution in [0.3, 0.4) is 0 Å². The molecule has 10 heteroatoms. The topological polar surface area (TPSA) is 89.8 Å². The summed E-state index contributed by atoms with van der Waals surface area (Å²) in [6.45, 7) is 1.01. The fourth-order valence-corrected chi connectivity index (χ4v) is 4.06. The van der Waals surface area contributed by atoms with Crippen molar-refractivity contribution in [2.45, 2.75) is 11.0 Å². The predicted molar refractivity (Wildman–Crippen MR) is 98.5 cm³/mol. The quantitative estimate of drug-likeness (QED) is 0.562. The van der Waals surface area contributed by atoms with Crippen LogP contribution in [0.4, 0.5) is 15.8 Å². The van der Waals surface area contributed by atoms with Crippen LogP contribution in [-0.4, -0.2) is 39.3 Å². The Morgan fingerprint density at radius 1 is 1.30 bits per heavy atom. The molecular formula is C17H16ClFN2O5S. The number of morpholine rings is 1. The van der Waals surface area contributed by atoms with Gasteiger partial charge >= 0.3 is 0 Å². The van der Waals surface area contributed by atoms with Crippen molar-refractivity contribution in [2.75, 3.05) is 30.9 Å². The Hall–Kier alpha value is -2.23. The van der Waals surface area contributed by atoms with Gasteiger partial charge in [-0.3, -0.25) is 10.1 Å². The molecule has 0 spiro atoms. The van der Waals surface area contributed by atoms with Gasteiger partial charge in [-0.2, -0.15) is 0 Å². The number of sulfone groups is 1. The number of halogens is 2. The number of hydrogen-bond acceptors (Lipinski definition) is 6. The minimum Gasteiger partial charge on any atom is -0.370 e. The van der Waals surface area contributed by atoms with Crippen LogP contribution in [0.1, 0.15) is 11.7 Å². The summed E-state index contributed by atoms with van der Waals surface area (Å²) in [5.41, 5.74) is 0.729. The molecule has 2 aromatic carbocycles. The summed E-state index contributed by atoms with van der Waals surface area (Å²) < 4.78 is 43.4. The third kappa shape index (κ3) is 4.20. The molecule has 1 aliphatic rings. The monoisotopic (exact) mass is 414 g/mol. The standard InChI is InChI=1S/C17H16ClFN2O5S/c1-27(24,25)17-9-12(21(22)23)3-5-15(17)20-6-7-26-16(10-20)11-2-4-14(19)13(18)8-11/h2-5,8-9,16H,6-7,10H2,1H3. The van der Waals surface area contributed by atoms with E-state index < -0.39 is 26.7 Å². The molecule has 1 fully saturated rings. The second-order valence-corrected chi connectivity index (χ2v) is 8.55. The zero-order chi connectivity index (χ0) is 19.8. The van der Waals surface area contributed by atoms with Gasteiger partial charge in [-0.1, -0.05) is 17.7 Å². The molecule has 1 aliphatic heterocycles. The lowest BCUT2D eigenvalue weighted by Crippen LogP contribution is -2.39. The molecular weight excluding hydrogens is 399 g/mol. The maximum absolute atomic E-state index is 13.4. The highest BCUT2D eigenvalue weighted by molar-refractivity contribution is 7.90. The molecule has 0 radical (unpaired) electrons. The Balaban J connectivity index is 1.96. The molecule has 0 amide bonds. The highest BCUT2D eigenvalue weighted by Gasteiger charge is 2.27. The Bertz CT molecular complexity index is 999. The first kappa shape index (κ1) is 19.5. The van der Waals surface area contributed by atoms with Crippen molar-refractivity contribution in [1.82, 2.24) is 0 Å². The van der Waals surface area contributed by atoms with Crippen LogP contribution in [0, 0.1) is 15.9 Å². The molecule has 0 aliphatic carbocycles. The van der Waals surface area contributed by atoms with Crippen molar-refractivity contribution in [2.24, 2.45) is 0 Å². The summed E-state index contributed by atoms with van der Waals surface area (Å²) in [5, 5.41) is 11.0. The third-order valence-corrected chi connectivity index (χ3v) is 5.69. The van der Waals surface area contributed by atoms with Gasteiger partial charge in [-0.25, -0.2) is 12.8 Å². The number of hydrogen-bond donors (Lipinski definition) is 0. The van der Waals surface area contributed by atoms with Gasteiger partial charge in [0.25, 0.3) is 5.69 Å². The molecule has 1 heterocycles. The van der Waals surface area contributed by atoms with Crippen LogP contribution in [0.25, 0.3) is 0 Å². The highest BCUT2D eigenvalue weighted by atomic mass is 35.5. The normalized spacial score (nSPS) is 17.7. The lowest BCUT2D eigenvalue weighted by atomic mass is 10.1. The second kappa shape index (κ2) is 7.41. The summed E-state index contributed by atoms with van der Waals surface area (Å²) >= 11 is 5.83. The Morgan fingerprint density at radius 2 is 2.04 bits per heavy atom. The molecule has 144 valence electrons. The van der Waals surface area contributed by atoms with Gasteiger partial charge in [0.15, 0.2) is 9.84 Å². The number of rotatable bonds is 4. The van der Waals surface area contributed by atoms with E-state index in [-0.39, 0.29) is 15.6 Å². The van der Waals surface area contributed by atoms with Crippen molar-refractivity contribution in [3.63, 3.8) is 0 Å². The number of benzene rings is 2. The number of nitro benzene ring substituents is 1. The summed E-state index contributed by atoms with van der Waals surface area (Å²) in [6.07, 6.45) is 0.562. The first-order valence-electron chi connectivity index (χ1n) is 7.97. The van der Waals surface area contributed by atoms with Gasteiger partial charge in [0.05, 0.1) is 27.1 Å². The van der Waals surface area contributed by atoms with E-state index in [4.69, 9.17) is 16.3 Å². The van der Waals surface area contributed by atoms with E-state index in [1.165, 1.54) is 24.3 Å². The predicted octanol–water partition coefficient (Wildman–Crippen LogP) is 3.37. The maximum atomic E-state index is 13.4. The third-order valence-electron chi connectivity index (χ3n) is 4.28. The zero-order valence-electron chi connectivity index (χ0n) is 14.3. The Morgan fingerprint density at radius 3 is 2.67 bits per heavy atom. The van der Waals surface area contributed by atoms with Crippen LogP contribution in [0.2, 0.25) is 5.02 Å². The summed E-state index contributed by atoms with van der Waals surface area (Å²) in [4.78, 5) is 12.0. The largest absolute Gasteiger partial charge is 0.370 e. The molecule has 0 N–H and O–H groups in total. The van der Waals surface area contributed by atoms with Crippen molar-refractivity contribution in [3.8, 4) is 0 Å². The van der Waals surface area contributed by atoms with Crippen LogP contribution in [0.5, 0.6) is 0 Å². The van der Waals surface area contributed by atoms with Gasteiger partial charge in [-0.15, -0.1) is 0 Å². The molecule has 2 aromatic rings. The van der Waals surface area contributed by atoms with Gasteiger partial charge < -0.3 is 9.64 Å². The SMILES string of the molecule is CS(=O)(=O)c1cc([N+](=O)[O-])ccc1N1CCOC(c2ccc(F)c(Cl)c2)C1. The Kier molecular flexibility index (Phi) is 5.36. The number of ether oxygens (including phenoxy) is 1. The molecule has 3 rings (SSSR count). The fourth-order valence-electron chi connectivity index (χ4n) is 2.96. The van der Waals surface area contributed by atoms with E-state index in [2.05, 4.69) is 0 Å². The van der Waals surface area contributed by atoms with Crippen LogP contribution < -0.4 is 4.90 Å². The fraction of sp³-hybridized carbons (Fsp3) is 0.294. The van der Waals surface area contributed by atoms with Gasteiger partial charge in [0.1, 0.15) is 11.9 Å². The zero-order valence-corrected chi connectivity index (χ0v) is 15.8. The smallest absolute Gasteiger partial charge is 0.270 e. The second-order valence-electron chi connectivity index (χ2n) is 6.16. The first-order valence-corrected chi connectivity index (χ1v) is 10.2. The minimum atomic E-state index is -3.69. The van der Waals surface area contributed by atoms with Crippen molar-refractivity contribution >= 4 is 32.8 Å². The van der Waals surface area contributed by atoms with Crippen molar-refractivity contribution in [3.05, 3.63) is 62.9 Å². The summed E-state index contributed by atoms with van der Waals surface area (Å²) in [7, 11) is -3.69. The number of nitro groups is 1. The van der Waals surface area contributed by atoms with E-state index in [1.807, 2.05) is 0 Å². The Labute approximate surface area is 160 Å².